The van der Waals surface area contributed by atoms with Crippen LogP contribution in [0.2, 0.25) is 0 Å². The number of carboxylic acid groups (broad SMARTS) is 1. The standard InChI is InChI=1S/C20H18N2O2/c23-19(24)11-17-6-3-7-18-13-22(21-20(17)18)12-14-8-9-15-4-1-2-5-16(15)10-14/h1-2,4-5,8-11,13H,3,6-7,12H2,(H,23,24). The number of aliphatic carboxylic acids is 1. The number of aryl methyl sites for hydroxylation is 1. The first-order chi connectivity index (χ1) is 11.7. The number of hydrogen-bond donors (Lipinski definition) is 1. The molecule has 1 aliphatic carbocycles. The van der Waals surface area contributed by atoms with Crippen LogP contribution in [-0.2, 0) is 17.8 Å². The SMILES string of the molecule is O=C(O)C=C1CCCc2cn(Cc3ccc4ccccc4c3)nc21. The Morgan fingerprint density at radius 2 is 2.00 bits per heavy atom. The van der Waals surface area contributed by atoms with E-state index in [-0.39, 0.29) is 0 Å². The number of carbonyl (C=O) groups is 1. The zero-order valence-electron chi connectivity index (χ0n) is 13.3. The predicted molar refractivity (Wildman–Crippen MR) is 93.8 cm³/mol. The van der Waals surface area contributed by atoms with Gasteiger partial charge in [-0.15, -0.1) is 0 Å². The molecule has 4 nitrogen and oxygen atoms in total. The molecule has 1 heterocycles. The normalized spacial score (nSPS) is 15.6. The van der Waals surface area contributed by atoms with Crippen molar-refractivity contribution in [3.05, 3.63) is 71.6 Å². The van der Waals surface area contributed by atoms with Crippen molar-refractivity contribution in [3.8, 4) is 0 Å². The summed E-state index contributed by atoms with van der Waals surface area (Å²) in [5, 5.41) is 16.1. The highest BCUT2D eigenvalue weighted by atomic mass is 16.4. The maximum atomic E-state index is 11.0. The molecule has 0 saturated heterocycles. The summed E-state index contributed by atoms with van der Waals surface area (Å²) in [6.07, 6.45) is 6.08. The first-order valence-electron chi connectivity index (χ1n) is 8.17. The minimum absolute atomic E-state index is 0.693. The van der Waals surface area contributed by atoms with Gasteiger partial charge in [0.15, 0.2) is 0 Å². The molecule has 1 aliphatic rings. The van der Waals surface area contributed by atoms with E-state index in [1.807, 2.05) is 16.8 Å². The van der Waals surface area contributed by atoms with Crippen molar-refractivity contribution in [2.24, 2.45) is 0 Å². The zero-order valence-corrected chi connectivity index (χ0v) is 13.3. The average Bonchev–Trinajstić information content (AvgIpc) is 2.98. The molecule has 0 amide bonds. The molecule has 24 heavy (non-hydrogen) atoms. The molecule has 0 aliphatic heterocycles. The van der Waals surface area contributed by atoms with Crippen molar-refractivity contribution in [2.75, 3.05) is 0 Å². The summed E-state index contributed by atoms with van der Waals surface area (Å²) < 4.78 is 1.93. The number of carboxylic acids is 1. The maximum Gasteiger partial charge on any atom is 0.328 e. The lowest BCUT2D eigenvalue weighted by Crippen LogP contribution is -2.03. The number of aromatic nitrogens is 2. The Kier molecular flexibility index (Phi) is 3.65. The second kappa shape index (κ2) is 5.96. The summed E-state index contributed by atoms with van der Waals surface area (Å²) >= 11 is 0. The third-order valence-electron chi connectivity index (χ3n) is 4.49. The molecule has 0 bridgehead atoms. The van der Waals surface area contributed by atoms with Crippen LogP contribution >= 0.6 is 0 Å². The number of rotatable bonds is 3. The Labute approximate surface area is 140 Å². The van der Waals surface area contributed by atoms with E-state index in [1.165, 1.54) is 22.4 Å². The van der Waals surface area contributed by atoms with Gasteiger partial charge in [0.25, 0.3) is 0 Å². The fraction of sp³-hybridized carbons (Fsp3) is 0.200. The van der Waals surface area contributed by atoms with Gasteiger partial charge in [-0.2, -0.15) is 5.10 Å². The molecule has 4 heteroatoms. The van der Waals surface area contributed by atoms with Gasteiger partial charge in [-0.25, -0.2) is 4.79 Å². The second-order valence-corrected chi connectivity index (χ2v) is 6.24. The van der Waals surface area contributed by atoms with Gasteiger partial charge in [0.2, 0.25) is 0 Å². The van der Waals surface area contributed by atoms with E-state index in [2.05, 4.69) is 41.6 Å². The fourth-order valence-corrected chi connectivity index (χ4v) is 3.40. The van der Waals surface area contributed by atoms with E-state index < -0.39 is 5.97 Å². The van der Waals surface area contributed by atoms with Crippen LogP contribution in [0, 0.1) is 0 Å². The van der Waals surface area contributed by atoms with Gasteiger partial charge in [-0.05, 0) is 52.8 Å². The monoisotopic (exact) mass is 318 g/mol. The highest BCUT2D eigenvalue weighted by Crippen LogP contribution is 2.29. The van der Waals surface area contributed by atoms with Gasteiger partial charge < -0.3 is 5.11 Å². The van der Waals surface area contributed by atoms with Crippen molar-refractivity contribution >= 4 is 22.3 Å². The van der Waals surface area contributed by atoms with Crippen LogP contribution in [0.25, 0.3) is 16.3 Å². The summed E-state index contributed by atoms with van der Waals surface area (Å²) in [5.41, 5.74) is 4.03. The van der Waals surface area contributed by atoms with Crippen molar-refractivity contribution in [1.82, 2.24) is 9.78 Å². The highest BCUT2D eigenvalue weighted by molar-refractivity contribution is 5.90. The maximum absolute atomic E-state index is 11.0. The predicted octanol–water partition coefficient (Wildman–Crippen LogP) is 3.89. The molecule has 0 spiro atoms. The summed E-state index contributed by atoms with van der Waals surface area (Å²) in [6, 6.07) is 14.7. The minimum atomic E-state index is -0.901. The van der Waals surface area contributed by atoms with Crippen molar-refractivity contribution in [1.29, 1.82) is 0 Å². The van der Waals surface area contributed by atoms with Crippen molar-refractivity contribution < 1.29 is 9.90 Å². The molecule has 2 aromatic carbocycles. The Bertz CT molecular complexity index is 953. The number of hydrogen-bond acceptors (Lipinski definition) is 2. The van der Waals surface area contributed by atoms with Crippen molar-refractivity contribution in [2.45, 2.75) is 25.8 Å². The van der Waals surface area contributed by atoms with E-state index in [9.17, 15) is 4.79 Å². The average molecular weight is 318 g/mol. The van der Waals surface area contributed by atoms with Gasteiger partial charge in [-0.3, -0.25) is 4.68 Å². The van der Waals surface area contributed by atoms with Crippen LogP contribution in [0.15, 0.2) is 54.7 Å². The molecule has 1 N–H and O–H groups in total. The van der Waals surface area contributed by atoms with Crippen LogP contribution in [0.3, 0.4) is 0 Å². The highest BCUT2D eigenvalue weighted by Gasteiger charge is 2.19. The molecular weight excluding hydrogens is 300 g/mol. The number of benzene rings is 2. The topological polar surface area (TPSA) is 55.1 Å². The Balaban J connectivity index is 1.65. The smallest absolute Gasteiger partial charge is 0.328 e. The molecule has 1 aromatic heterocycles. The zero-order chi connectivity index (χ0) is 16.5. The third-order valence-corrected chi connectivity index (χ3v) is 4.49. The lowest BCUT2D eigenvalue weighted by molar-refractivity contribution is -0.131. The van der Waals surface area contributed by atoms with E-state index in [1.54, 1.807) is 0 Å². The largest absolute Gasteiger partial charge is 0.478 e. The number of fused-ring (bicyclic) bond motifs is 2. The third kappa shape index (κ3) is 2.83. The lowest BCUT2D eigenvalue weighted by atomic mass is 9.93. The molecule has 0 saturated carbocycles. The first kappa shape index (κ1) is 14.7. The Hall–Kier alpha value is -2.88. The second-order valence-electron chi connectivity index (χ2n) is 6.24. The van der Waals surface area contributed by atoms with Gasteiger partial charge in [0, 0.05) is 12.3 Å². The van der Waals surface area contributed by atoms with Crippen LogP contribution in [-0.4, -0.2) is 20.9 Å². The molecule has 0 atom stereocenters. The van der Waals surface area contributed by atoms with Crippen LogP contribution in [0.4, 0.5) is 0 Å². The minimum Gasteiger partial charge on any atom is -0.478 e. The summed E-state index contributed by atoms with van der Waals surface area (Å²) in [5.74, 6) is -0.901. The molecule has 120 valence electrons. The van der Waals surface area contributed by atoms with Gasteiger partial charge in [0.1, 0.15) is 0 Å². The van der Waals surface area contributed by atoms with Crippen LogP contribution in [0.5, 0.6) is 0 Å². The Morgan fingerprint density at radius 3 is 2.83 bits per heavy atom. The molecule has 0 radical (unpaired) electrons. The molecule has 4 rings (SSSR count). The molecule has 0 unspecified atom stereocenters. The summed E-state index contributed by atoms with van der Waals surface area (Å²) in [7, 11) is 0. The molecule has 0 fully saturated rings. The summed E-state index contributed by atoms with van der Waals surface area (Å²) in [6.45, 7) is 0.693. The first-order valence-corrected chi connectivity index (χ1v) is 8.17. The fourth-order valence-electron chi connectivity index (χ4n) is 3.40. The van der Waals surface area contributed by atoms with Crippen LogP contribution in [0.1, 0.15) is 29.7 Å². The number of allylic oxidation sites excluding steroid dienone is 1. The number of nitrogens with zero attached hydrogens (tertiary/aromatic N) is 2. The van der Waals surface area contributed by atoms with Gasteiger partial charge in [0.05, 0.1) is 12.2 Å². The van der Waals surface area contributed by atoms with E-state index in [0.717, 1.165) is 36.1 Å². The Morgan fingerprint density at radius 1 is 1.17 bits per heavy atom. The van der Waals surface area contributed by atoms with Gasteiger partial charge in [-0.1, -0.05) is 36.4 Å². The quantitative estimate of drug-likeness (QED) is 0.745. The van der Waals surface area contributed by atoms with Gasteiger partial charge >= 0.3 is 5.97 Å². The van der Waals surface area contributed by atoms with E-state index in [4.69, 9.17) is 5.11 Å². The van der Waals surface area contributed by atoms with E-state index >= 15 is 0 Å². The lowest BCUT2D eigenvalue weighted by Gasteiger charge is -2.11. The van der Waals surface area contributed by atoms with Crippen molar-refractivity contribution in [3.63, 3.8) is 0 Å². The van der Waals surface area contributed by atoms with Crippen LogP contribution < -0.4 is 0 Å². The molecular formula is C20H18N2O2. The van der Waals surface area contributed by atoms with E-state index in [0.29, 0.717) is 6.54 Å². The molecule has 3 aromatic rings. The summed E-state index contributed by atoms with van der Waals surface area (Å²) in [4.78, 5) is 11.0.